The van der Waals surface area contributed by atoms with Crippen molar-refractivity contribution in [3.05, 3.63) is 114 Å². The van der Waals surface area contributed by atoms with E-state index >= 15 is 0 Å². The first-order valence-electron chi connectivity index (χ1n) is 11.2. The topological polar surface area (TPSA) is 115 Å². The van der Waals surface area contributed by atoms with Gasteiger partial charge in [0.15, 0.2) is 4.87 Å². The molecule has 8 heteroatoms. The third kappa shape index (κ3) is 5.03. The first-order chi connectivity index (χ1) is 16.7. The number of aliphatic carboxylic acids is 1. The number of carboxylic acids is 1. The molecule has 1 heterocycles. The van der Waals surface area contributed by atoms with Crippen molar-refractivity contribution in [3.63, 3.8) is 0 Å². The summed E-state index contributed by atoms with van der Waals surface area (Å²) in [6.45, 7) is 1.62. The maximum absolute atomic E-state index is 13.9. The summed E-state index contributed by atoms with van der Waals surface area (Å²) in [6.07, 6.45) is 3.81. The van der Waals surface area contributed by atoms with Crippen molar-refractivity contribution in [2.75, 3.05) is 0 Å². The predicted molar refractivity (Wildman–Crippen MR) is 134 cm³/mol. The van der Waals surface area contributed by atoms with Crippen LogP contribution in [0.25, 0.3) is 5.69 Å². The molecule has 1 aromatic heterocycles. The van der Waals surface area contributed by atoms with Crippen LogP contribution in [-0.2, 0) is 32.3 Å². The van der Waals surface area contributed by atoms with Gasteiger partial charge >= 0.3 is 5.97 Å². The van der Waals surface area contributed by atoms with E-state index in [-0.39, 0.29) is 17.7 Å². The van der Waals surface area contributed by atoms with Gasteiger partial charge in [-0.2, -0.15) is 5.10 Å². The van der Waals surface area contributed by atoms with Crippen LogP contribution >= 0.6 is 0 Å². The molecule has 0 amide bonds. The monoisotopic (exact) mass is 489 g/mol. The number of carboxylic acid groups (broad SMARTS) is 1. The lowest BCUT2D eigenvalue weighted by molar-refractivity contribution is -0.141. The smallest absolute Gasteiger partial charge is 0.306 e. The van der Waals surface area contributed by atoms with Crippen LogP contribution in [-0.4, -0.2) is 29.3 Å². The van der Waals surface area contributed by atoms with Crippen LogP contribution in [0.3, 0.4) is 0 Å². The summed E-state index contributed by atoms with van der Waals surface area (Å²) in [7, 11) is -4.02. The molecule has 7 nitrogen and oxygen atoms in total. The number of carbonyl (C=O) groups is 1. The number of sulfone groups is 1. The summed E-state index contributed by atoms with van der Waals surface area (Å²) in [5.74, 6) is -1.53. The molecular formula is C27H27N3O4S. The fourth-order valence-electron chi connectivity index (χ4n) is 4.06. The number of aromatic nitrogens is 2. The average Bonchev–Trinajstić information content (AvgIpc) is 3.40. The van der Waals surface area contributed by atoms with Crippen LogP contribution in [0.2, 0.25) is 0 Å². The molecule has 0 saturated heterocycles. The van der Waals surface area contributed by atoms with Crippen LogP contribution < -0.4 is 5.73 Å². The molecule has 0 aliphatic heterocycles. The molecule has 0 bridgehead atoms. The Balaban J connectivity index is 1.77. The number of hydrogen-bond donors (Lipinski definition) is 2. The molecule has 35 heavy (non-hydrogen) atoms. The minimum absolute atomic E-state index is 0.0293. The van der Waals surface area contributed by atoms with Gasteiger partial charge in [0.2, 0.25) is 9.84 Å². The number of rotatable bonds is 9. The zero-order valence-electron chi connectivity index (χ0n) is 19.3. The molecule has 0 aliphatic carbocycles. The molecule has 0 radical (unpaired) electrons. The summed E-state index contributed by atoms with van der Waals surface area (Å²) >= 11 is 0. The Labute approximate surface area is 204 Å². The fourth-order valence-corrected chi connectivity index (χ4v) is 5.79. The van der Waals surface area contributed by atoms with Gasteiger partial charge in [0.05, 0.1) is 16.5 Å². The Bertz CT molecular complexity index is 1400. The van der Waals surface area contributed by atoms with Crippen LogP contribution in [0.4, 0.5) is 0 Å². The molecule has 4 aromatic rings. The zero-order chi connectivity index (χ0) is 25.1. The molecule has 0 fully saturated rings. The first-order valence-corrected chi connectivity index (χ1v) is 12.7. The van der Waals surface area contributed by atoms with Gasteiger partial charge in [0.1, 0.15) is 0 Å². The molecular weight excluding hydrogens is 462 g/mol. The molecule has 2 atom stereocenters. The van der Waals surface area contributed by atoms with E-state index in [9.17, 15) is 18.3 Å². The third-order valence-electron chi connectivity index (χ3n) is 6.08. The molecule has 2 unspecified atom stereocenters. The Hall–Kier alpha value is -3.75. The van der Waals surface area contributed by atoms with Gasteiger partial charge in [0, 0.05) is 18.8 Å². The summed E-state index contributed by atoms with van der Waals surface area (Å²) in [5.41, 5.74) is 9.54. The quantitative estimate of drug-likeness (QED) is 0.368. The highest BCUT2D eigenvalue weighted by atomic mass is 32.2. The van der Waals surface area contributed by atoms with Gasteiger partial charge in [-0.05, 0) is 53.4 Å². The minimum atomic E-state index is -4.02. The summed E-state index contributed by atoms with van der Waals surface area (Å²) in [4.78, 5) is 9.71. The number of nitrogens with two attached hydrogens (primary N) is 1. The minimum Gasteiger partial charge on any atom is -0.481 e. The predicted octanol–water partition coefficient (Wildman–Crippen LogP) is 3.96. The molecule has 3 aromatic carbocycles. The zero-order valence-corrected chi connectivity index (χ0v) is 20.1. The average molecular weight is 490 g/mol. The Morgan fingerprint density at radius 3 is 2.34 bits per heavy atom. The number of nitrogens with zero attached hydrogens (tertiary/aromatic N) is 2. The maximum atomic E-state index is 13.9. The lowest BCUT2D eigenvalue weighted by Crippen LogP contribution is -2.47. The highest BCUT2D eigenvalue weighted by Crippen LogP contribution is 2.35. The second-order valence-corrected chi connectivity index (χ2v) is 10.9. The van der Waals surface area contributed by atoms with Crippen LogP contribution in [0.15, 0.2) is 102 Å². The molecule has 0 aliphatic rings. The Kier molecular flexibility index (Phi) is 6.86. The molecule has 0 spiro atoms. The van der Waals surface area contributed by atoms with E-state index in [1.54, 1.807) is 60.3 Å². The SMILES string of the molecule is CC(Cc1cccc(C(N)(Cc2ccc(-n3cccn3)cc2)S(=O)(=O)c2ccccc2)c1)C(=O)O. The summed E-state index contributed by atoms with van der Waals surface area (Å²) < 4.78 is 29.6. The standard InChI is InChI=1S/C27H27N3O4S/c1-20(26(31)32)17-22-7-5-8-23(18-22)27(28,35(33,34)25-9-3-2-4-10-25)19-21-11-13-24(14-12-21)30-16-6-15-29-30/h2-16,18,20H,17,19,28H2,1H3,(H,31,32). The maximum Gasteiger partial charge on any atom is 0.306 e. The van der Waals surface area contributed by atoms with Crippen molar-refractivity contribution in [1.82, 2.24) is 9.78 Å². The highest BCUT2D eigenvalue weighted by Gasteiger charge is 2.43. The number of benzene rings is 3. The molecule has 3 N–H and O–H groups in total. The van der Waals surface area contributed by atoms with Crippen LogP contribution in [0.1, 0.15) is 23.6 Å². The lowest BCUT2D eigenvalue weighted by atomic mass is 9.94. The van der Waals surface area contributed by atoms with E-state index in [4.69, 9.17) is 5.73 Å². The summed E-state index contributed by atoms with van der Waals surface area (Å²) in [5, 5.41) is 13.5. The highest BCUT2D eigenvalue weighted by molar-refractivity contribution is 7.92. The van der Waals surface area contributed by atoms with E-state index in [2.05, 4.69) is 5.10 Å². The van der Waals surface area contributed by atoms with Crippen molar-refractivity contribution in [2.45, 2.75) is 29.5 Å². The van der Waals surface area contributed by atoms with Gasteiger partial charge in [-0.1, -0.05) is 61.5 Å². The van der Waals surface area contributed by atoms with Crippen molar-refractivity contribution < 1.29 is 18.3 Å². The van der Waals surface area contributed by atoms with Crippen molar-refractivity contribution in [3.8, 4) is 5.69 Å². The largest absolute Gasteiger partial charge is 0.481 e. The third-order valence-corrected chi connectivity index (χ3v) is 8.32. The first kappa shape index (κ1) is 24.4. The normalized spacial score (nSPS) is 14.2. The van der Waals surface area contributed by atoms with E-state index in [0.717, 1.165) is 11.3 Å². The molecule has 4 rings (SSSR count). The second-order valence-electron chi connectivity index (χ2n) is 8.64. The van der Waals surface area contributed by atoms with E-state index in [1.807, 2.05) is 36.5 Å². The van der Waals surface area contributed by atoms with Crippen molar-refractivity contribution in [2.24, 2.45) is 11.7 Å². The van der Waals surface area contributed by atoms with Gasteiger partial charge in [-0.3, -0.25) is 4.79 Å². The lowest BCUT2D eigenvalue weighted by Gasteiger charge is -2.31. The molecule has 0 saturated carbocycles. The van der Waals surface area contributed by atoms with Crippen LogP contribution in [0.5, 0.6) is 0 Å². The summed E-state index contributed by atoms with van der Waals surface area (Å²) in [6, 6.07) is 24.3. The second kappa shape index (κ2) is 9.85. The van der Waals surface area contributed by atoms with E-state index in [0.29, 0.717) is 11.1 Å². The van der Waals surface area contributed by atoms with E-state index in [1.165, 1.54) is 12.1 Å². The van der Waals surface area contributed by atoms with Crippen LogP contribution in [0, 0.1) is 5.92 Å². The van der Waals surface area contributed by atoms with Gasteiger partial charge in [0.25, 0.3) is 0 Å². The Morgan fingerprint density at radius 1 is 1.00 bits per heavy atom. The molecule has 180 valence electrons. The fraction of sp³-hybridized carbons (Fsp3) is 0.185. The van der Waals surface area contributed by atoms with Gasteiger partial charge < -0.3 is 10.8 Å². The van der Waals surface area contributed by atoms with Crippen molar-refractivity contribution in [1.29, 1.82) is 0 Å². The van der Waals surface area contributed by atoms with Gasteiger partial charge in [-0.15, -0.1) is 0 Å². The van der Waals surface area contributed by atoms with Crippen molar-refractivity contribution >= 4 is 15.8 Å². The number of hydrogen-bond acceptors (Lipinski definition) is 5. The van der Waals surface area contributed by atoms with E-state index < -0.39 is 26.6 Å². The Morgan fingerprint density at radius 2 is 1.71 bits per heavy atom. The van der Waals surface area contributed by atoms with Gasteiger partial charge in [-0.25, -0.2) is 13.1 Å².